The molecule has 1 fully saturated rings. The lowest BCUT2D eigenvalue weighted by Crippen LogP contribution is -2.31. The molecule has 1 unspecified atom stereocenters. The van der Waals surface area contributed by atoms with E-state index in [2.05, 4.69) is 0 Å². The van der Waals surface area contributed by atoms with Crippen LogP contribution >= 0.6 is 23.2 Å². The molecule has 1 aliphatic rings. The van der Waals surface area contributed by atoms with Crippen molar-refractivity contribution in [3.8, 4) is 17.2 Å². The zero-order valence-electron chi connectivity index (χ0n) is 22.3. The van der Waals surface area contributed by atoms with Crippen molar-refractivity contribution < 1.29 is 33.6 Å². The summed E-state index contributed by atoms with van der Waals surface area (Å²) in [4.78, 5) is 28.0. The Kier molecular flexibility index (Phi) is 9.58. The van der Waals surface area contributed by atoms with Crippen molar-refractivity contribution in [1.29, 1.82) is 0 Å². The summed E-state index contributed by atoms with van der Waals surface area (Å²) in [5, 5.41) is 11.6. The van der Waals surface area contributed by atoms with Gasteiger partial charge < -0.3 is 29.0 Å². The number of ketones is 1. The van der Waals surface area contributed by atoms with Crippen LogP contribution < -0.4 is 14.2 Å². The summed E-state index contributed by atoms with van der Waals surface area (Å²) in [7, 11) is 4.31. The van der Waals surface area contributed by atoms with Crippen LogP contribution in [0, 0.1) is 0 Å². The number of carbonyl (C=O) groups is 2. The van der Waals surface area contributed by atoms with E-state index in [9.17, 15) is 14.7 Å². The van der Waals surface area contributed by atoms with Crippen LogP contribution in [0.15, 0.2) is 66.2 Å². The molecule has 0 bridgehead atoms. The van der Waals surface area contributed by atoms with Gasteiger partial charge in [-0.25, -0.2) is 0 Å². The maximum Gasteiger partial charge on any atom is 0.295 e. The number of likely N-dealkylation sites (tertiary alicyclic amines) is 1. The van der Waals surface area contributed by atoms with Gasteiger partial charge in [0.2, 0.25) is 0 Å². The quantitative estimate of drug-likeness (QED) is 0.127. The van der Waals surface area contributed by atoms with Crippen LogP contribution in [0.4, 0.5) is 0 Å². The van der Waals surface area contributed by atoms with Crippen LogP contribution in [0.2, 0.25) is 10.0 Å². The van der Waals surface area contributed by atoms with Crippen LogP contribution in [-0.4, -0.2) is 56.2 Å². The molecule has 0 aliphatic carbocycles. The maximum absolute atomic E-state index is 13.4. The second-order valence-corrected chi connectivity index (χ2v) is 9.75. The largest absolute Gasteiger partial charge is 0.507 e. The van der Waals surface area contributed by atoms with E-state index >= 15 is 0 Å². The number of aliphatic hydroxyl groups is 1. The van der Waals surface area contributed by atoms with Crippen molar-refractivity contribution >= 4 is 40.7 Å². The van der Waals surface area contributed by atoms with Crippen LogP contribution in [0.25, 0.3) is 5.76 Å². The van der Waals surface area contributed by atoms with Crippen LogP contribution in [0.3, 0.4) is 0 Å². The van der Waals surface area contributed by atoms with Crippen molar-refractivity contribution in [2.24, 2.45) is 0 Å². The van der Waals surface area contributed by atoms with Crippen LogP contribution in [0.5, 0.6) is 17.2 Å². The van der Waals surface area contributed by atoms with E-state index < -0.39 is 23.5 Å². The lowest BCUT2D eigenvalue weighted by molar-refractivity contribution is -0.140. The third-order valence-corrected chi connectivity index (χ3v) is 7.15. The number of amides is 1. The first kappa shape index (κ1) is 29.3. The Labute approximate surface area is 242 Å². The zero-order valence-corrected chi connectivity index (χ0v) is 23.8. The first-order valence-electron chi connectivity index (χ1n) is 12.5. The number of benzene rings is 3. The molecule has 3 aromatic carbocycles. The Balaban J connectivity index is 1.77. The second-order valence-electron chi connectivity index (χ2n) is 8.97. The third kappa shape index (κ3) is 5.89. The van der Waals surface area contributed by atoms with Gasteiger partial charge in [0.1, 0.15) is 23.1 Å². The van der Waals surface area contributed by atoms with Crippen molar-refractivity contribution in [2.75, 3.05) is 34.5 Å². The number of carbonyl (C=O) groups excluding carboxylic acids is 2. The molecule has 1 atom stereocenters. The molecule has 1 heterocycles. The topological polar surface area (TPSA) is 94.5 Å². The van der Waals surface area contributed by atoms with E-state index in [-0.39, 0.29) is 39.2 Å². The summed E-state index contributed by atoms with van der Waals surface area (Å²) in [5.74, 6) is -1.23. The van der Waals surface area contributed by atoms with E-state index in [0.717, 1.165) is 5.56 Å². The summed E-state index contributed by atoms with van der Waals surface area (Å²) in [5.41, 5.74) is 1.57. The number of Topliss-reactive ketones (excluding diaryl/α,β-unsaturated/α-hetero) is 1. The Morgan fingerprint density at radius 3 is 2.25 bits per heavy atom. The molecule has 40 heavy (non-hydrogen) atoms. The van der Waals surface area contributed by atoms with E-state index in [1.165, 1.54) is 25.2 Å². The Morgan fingerprint density at radius 1 is 0.950 bits per heavy atom. The maximum atomic E-state index is 13.4. The third-order valence-electron chi connectivity index (χ3n) is 6.53. The van der Waals surface area contributed by atoms with Crippen LogP contribution in [0.1, 0.15) is 29.2 Å². The highest BCUT2D eigenvalue weighted by Gasteiger charge is 2.46. The normalized spacial score (nSPS) is 16.3. The Hall–Kier alpha value is -3.72. The molecule has 0 saturated carbocycles. The molecule has 10 heteroatoms. The van der Waals surface area contributed by atoms with Crippen molar-refractivity contribution in [2.45, 2.75) is 19.1 Å². The summed E-state index contributed by atoms with van der Waals surface area (Å²) < 4.78 is 21.7. The van der Waals surface area contributed by atoms with Gasteiger partial charge in [0.05, 0.1) is 36.4 Å². The molecule has 1 N–H and O–H groups in total. The average Bonchev–Trinajstić information content (AvgIpc) is 3.21. The molecule has 4 rings (SSSR count). The lowest BCUT2D eigenvalue weighted by atomic mass is 9.94. The molecule has 1 aliphatic heterocycles. The van der Waals surface area contributed by atoms with Gasteiger partial charge in [-0.1, -0.05) is 65.7 Å². The molecule has 1 saturated heterocycles. The number of methoxy groups -OCH3 is 3. The van der Waals surface area contributed by atoms with Crippen molar-refractivity contribution in [1.82, 2.24) is 4.90 Å². The van der Waals surface area contributed by atoms with Gasteiger partial charge in [-0.15, -0.1) is 0 Å². The molecule has 1 amide bonds. The van der Waals surface area contributed by atoms with Gasteiger partial charge >= 0.3 is 0 Å². The second kappa shape index (κ2) is 13.1. The van der Waals surface area contributed by atoms with E-state index in [4.69, 9.17) is 42.1 Å². The van der Waals surface area contributed by atoms with Gasteiger partial charge in [0.25, 0.3) is 11.7 Å². The van der Waals surface area contributed by atoms with Gasteiger partial charge in [-0.2, -0.15) is 0 Å². The molecule has 0 radical (unpaired) electrons. The molecule has 210 valence electrons. The Morgan fingerprint density at radius 2 is 1.62 bits per heavy atom. The molecule has 0 spiro atoms. The number of halogens is 2. The minimum absolute atomic E-state index is 0.0184. The van der Waals surface area contributed by atoms with Gasteiger partial charge in [-0.3, -0.25) is 9.59 Å². The highest BCUT2D eigenvalue weighted by molar-refractivity contribution is 6.47. The Bertz CT molecular complexity index is 1410. The SMILES string of the molecule is COCCCN1C(=O)C(=O)/C(=C(/O)c2cc(Cl)c(OC)c(Cl)c2OC)C1c1ccc(OCc2ccccc2)cc1. The van der Waals surface area contributed by atoms with E-state index in [1.807, 2.05) is 30.3 Å². The molecule has 0 aromatic heterocycles. The fraction of sp³-hybridized carbons (Fsp3) is 0.267. The predicted octanol–water partition coefficient (Wildman–Crippen LogP) is 6.05. The number of aliphatic hydroxyl groups excluding tert-OH is 1. The van der Waals surface area contributed by atoms with Crippen LogP contribution in [-0.2, 0) is 20.9 Å². The smallest absolute Gasteiger partial charge is 0.295 e. The first-order chi connectivity index (χ1) is 19.3. The first-order valence-corrected chi connectivity index (χ1v) is 13.2. The number of hydrogen-bond donors (Lipinski definition) is 1. The van der Waals surface area contributed by atoms with Gasteiger partial charge in [-0.05, 0) is 35.7 Å². The van der Waals surface area contributed by atoms with Gasteiger partial charge in [0, 0.05) is 20.3 Å². The van der Waals surface area contributed by atoms with Crippen molar-refractivity contribution in [3.05, 3.63) is 93.0 Å². The number of ether oxygens (including phenoxy) is 4. The number of hydrogen-bond acceptors (Lipinski definition) is 7. The molecule has 8 nitrogen and oxygen atoms in total. The number of nitrogens with zero attached hydrogens (tertiary/aromatic N) is 1. The molecular weight excluding hydrogens is 557 g/mol. The van der Waals surface area contributed by atoms with E-state index in [0.29, 0.717) is 30.9 Å². The standard InChI is InChI=1S/C30H29Cl2NO7/c1-37-15-7-14-33-25(19-10-12-20(13-11-19)40-17-18-8-5-4-6-9-18)23(27(35)30(33)36)26(34)21-16-22(31)29(39-3)24(32)28(21)38-2/h4-6,8-13,16,25,34H,7,14-15,17H2,1-3H3/b26-23+. The van der Waals surface area contributed by atoms with E-state index in [1.54, 1.807) is 31.4 Å². The molecule has 3 aromatic rings. The lowest BCUT2D eigenvalue weighted by Gasteiger charge is -2.25. The average molecular weight is 586 g/mol. The van der Waals surface area contributed by atoms with Gasteiger partial charge in [0.15, 0.2) is 11.5 Å². The summed E-state index contributed by atoms with van der Waals surface area (Å²) in [6.45, 7) is 1.00. The monoisotopic (exact) mass is 585 g/mol. The zero-order chi connectivity index (χ0) is 28.8. The predicted molar refractivity (Wildman–Crippen MR) is 152 cm³/mol. The van der Waals surface area contributed by atoms with Crippen molar-refractivity contribution in [3.63, 3.8) is 0 Å². The fourth-order valence-corrected chi connectivity index (χ4v) is 5.30. The summed E-state index contributed by atoms with van der Waals surface area (Å²) in [6, 6.07) is 17.3. The molecular formula is C30H29Cl2NO7. The summed E-state index contributed by atoms with van der Waals surface area (Å²) >= 11 is 12.8. The minimum Gasteiger partial charge on any atom is -0.507 e. The highest BCUT2D eigenvalue weighted by atomic mass is 35.5. The summed E-state index contributed by atoms with van der Waals surface area (Å²) in [6.07, 6.45) is 0.488. The fourth-order valence-electron chi connectivity index (χ4n) is 4.62. The minimum atomic E-state index is -0.885. The highest BCUT2D eigenvalue weighted by Crippen LogP contribution is 2.47. The number of rotatable bonds is 11.